The summed E-state index contributed by atoms with van der Waals surface area (Å²) in [7, 11) is 0. The van der Waals surface area contributed by atoms with Crippen molar-refractivity contribution in [3.8, 4) is 0 Å². The Labute approximate surface area is 127 Å². The Morgan fingerprint density at radius 1 is 1.14 bits per heavy atom. The minimum absolute atomic E-state index is 0.163. The Balaban J connectivity index is 1.92. The van der Waals surface area contributed by atoms with Crippen LogP contribution in [-0.2, 0) is 9.59 Å². The zero-order chi connectivity index (χ0) is 15.0. The van der Waals surface area contributed by atoms with Crippen LogP contribution in [0.15, 0.2) is 42.6 Å². The van der Waals surface area contributed by atoms with Crippen LogP contribution in [0.1, 0.15) is 23.5 Å². The zero-order valence-electron chi connectivity index (χ0n) is 11.4. The number of nitrogens with zero attached hydrogens (tertiary/aromatic N) is 2. The highest BCUT2D eigenvalue weighted by Crippen LogP contribution is 2.32. The molecule has 4 nitrogen and oxygen atoms in total. The molecule has 1 fully saturated rings. The monoisotopic (exact) mass is 300 g/mol. The van der Waals surface area contributed by atoms with E-state index in [2.05, 4.69) is 4.98 Å². The third kappa shape index (κ3) is 2.54. The van der Waals surface area contributed by atoms with Crippen LogP contribution < -0.4 is 4.90 Å². The second-order valence-electron chi connectivity index (χ2n) is 5.07. The van der Waals surface area contributed by atoms with Crippen LogP contribution in [0.3, 0.4) is 0 Å². The van der Waals surface area contributed by atoms with Crippen LogP contribution in [0.25, 0.3) is 0 Å². The summed E-state index contributed by atoms with van der Waals surface area (Å²) in [4.78, 5) is 30.0. The molecule has 5 heteroatoms. The molecule has 0 radical (unpaired) electrons. The summed E-state index contributed by atoms with van der Waals surface area (Å²) in [5, 5.41) is 0.604. The van der Waals surface area contributed by atoms with E-state index in [1.807, 2.05) is 13.0 Å². The second-order valence-corrected chi connectivity index (χ2v) is 5.51. The molecular weight excluding hydrogens is 288 g/mol. The minimum Gasteiger partial charge on any atom is -0.274 e. The number of aryl methyl sites for hydroxylation is 1. The van der Waals surface area contributed by atoms with E-state index < -0.39 is 5.92 Å². The van der Waals surface area contributed by atoms with Gasteiger partial charge in [0.2, 0.25) is 11.8 Å². The van der Waals surface area contributed by atoms with Crippen molar-refractivity contribution in [2.45, 2.75) is 19.3 Å². The second kappa shape index (κ2) is 5.30. The van der Waals surface area contributed by atoms with E-state index in [-0.39, 0.29) is 18.2 Å². The molecule has 0 spiro atoms. The maximum Gasteiger partial charge on any atom is 0.243 e. The lowest BCUT2D eigenvalue weighted by molar-refractivity contribution is -0.121. The molecule has 0 N–H and O–H groups in total. The molecule has 1 atom stereocenters. The molecule has 1 saturated heterocycles. The van der Waals surface area contributed by atoms with Gasteiger partial charge in [-0.25, -0.2) is 9.88 Å². The van der Waals surface area contributed by atoms with Crippen molar-refractivity contribution < 1.29 is 9.59 Å². The van der Waals surface area contributed by atoms with Crippen molar-refractivity contribution in [2.24, 2.45) is 0 Å². The largest absolute Gasteiger partial charge is 0.274 e. The number of halogens is 1. The lowest BCUT2D eigenvalue weighted by Crippen LogP contribution is -2.30. The molecule has 1 aliphatic rings. The van der Waals surface area contributed by atoms with E-state index in [4.69, 9.17) is 11.6 Å². The van der Waals surface area contributed by atoms with Crippen LogP contribution in [0, 0.1) is 6.92 Å². The summed E-state index contributed by atoms with van der Waals surface area (Å²) in [5.74, 6) is -0.542. The highest BCUT2D eigenvalue weighted by atomic mass is 35.5. The average molecular weight is 301 g/mol. The first-order valence-electron chi connectivity index (χ1n) is 6.61. The van der Waals surface area contributed by atoms with Gasteiger partial charge in [0.05, 0.1) is 5.92 Å². The Kier molecular flexibility index (Phi) is 3.47. The first-order valence-corrected chi connectivity index (χ1v) is 6.99. The van der Waals surface area contributed by atoms with Gasteiger partial charge in [0.25, 0.3) is 0 Å². The molecule has 0 bridgehead atoms. The van der Waals surface area contributed by atoms with Gasteiger partial charge in [-0.1, -0.05) is 29.8 Å². The van der Waals surface area contributed by atoms with Gasteiger partial charge in [-0.3, -0.25) is 9.59 Å². The fraction of sp³-hybridized carbons (Fsp3) is 0.188. The van der Waals surface area contributed by atoms with Gasteiger partial charge in [-0.2, -0.15) is 0 Å². The van der Waals surface area contributed by atoms with Crippen molar-refractivity contribution in [1.82, 2.24) is 4.98 Å². The van der Waals surface area contributed by atoms with Crippen molar-refractivity contribution in [3.05, 3.63) is 58.7 Å². The van der Waals surface area contributed by atoms with Crippen LogP contribution in [0.5, 0.6) is 0 Å². The van der Waals surface area contributed by atoms with Gasteiger partial charge >= 0.3 is 0 Å². The number of carbonyl (C=O) groups excluding carboxylic acids is 2. The Bertz CT molecular complexity index is 695. The molecule has 21 heavy (non-hydrogen) atoms. The van der Waals surface area contributed by atoms with Gasteiger partial charge in [-0.05, 0) is 36.2 Å². The number of aromatic nitrogens is 1. The number of hydrogen-bond donors (Lipinski definition) is 0. The van der Waals surface area contributed by atoms with E-state index >= 15 is 0 Å². The highest BCUT2D eigenvalue weighted by Gasteiger charge is 2.40. The number of hydrogen-bond acceptors (Lipinski definition) is 3. The van der Waals surface area contributed by atoms with E-state index in [0.29, 0.717) is 10.8 Å². The Morgan fingerprint density at radius 2 is 1.86 bits per heavy atom. The van der Waals surface area contributed by atoms with Gasteiger partial charge in [0.15, 0.2) is 0 Å². The maximum absolute atomic E-state index is 12.5. The van der Waals surface area contributed by atoms with E-state index in [1.165, 1.54) is 4.90 Å². The quantitative estimate of drug-likeness (QED) is 0.801. The number of carbonyl (C=O) groups is 2. The molecule has 3 rings (SSSR count). The molecule has 0 aliphatic carbocycles. The molecule has 1 aliphatic heterocycles. The van der Waals surface area contributed by atoms with Gasteiger partial charge in [-0.15, -0.1) is 0 Å². The number of pyridine rings is 1. The molecule has 2 heterocycles. The lowest BCUT2D eigenvalue weighted by Gasteiger charge is -2.14. The van der Waals surface area contributed by atoms with Crippen LogP contribution in [0.4, 0.5) is 5.82 Å². The number of rotatable bonds is 2. The Morgan fingerprint density at radius 3 is 2.48 bits per heavy atom. The van der Waals surface area contributed by atoms with E-state index in [0.717, 1.165) is 11.1 Å². The van der Waals surface area contributed by atoms with Crippen molar-refractivity contribution in [1.29, 1.82) is 0 Å². The number of amides is 2. The number of imide groups is 1. The van der Waals surface area contributed by atoms with Gasteiger partial charge in [0.1, 0.15) is 5.82 Å². The highest BCUT2D eigenvalue weighted by molar-refractivity contribution is 6.30. The summed E-state index contributed by atoms with van der Waals surface area (Å²) in [6, 6.07) is 10.5. The summed E-state index contributed by atoms with van der Waals surface area (Å²) >= 11 is 5.85. The van der Waals surface area contributed by atoms with Crippen molar-refractivity contribution >= 4 is 29.2 Å². The predicted molar refractivity (Wildman–Crippen MR) is 80.3 cm³/mol. The van der Waals surface area contributed by atoms with Crippen LogP contribution >= 0.6 is 11.6 Å². The van der Waals surface area contributed by atoms with E-state index in [1.54, 1.807) is 36.5 Å². The van der Waals surface area contributed by atoms with Crippen LogP contribution in [0.2, 0.25) is 5.02 Å². The van der Waals surface area contributed by atoms with Crippen molar-refractivity contribution in [2.75, 3.05) is 4.90 Å². The average Bonchev–Trinajstić information content (AvgIpc) is 2.76. The maximum atomic E-state index is 12.5. The van der Waals surface area contributed by atoms with Gasteiger partial charge in [0, 0.05) is 17.6 Å². The Hall–Kier alpha value is -2.20. The standard InChI is InChI=1S/C16H13ClN2O2/c1-10-2-7-14(18-9-10)19-15(20)8-13(16(19)21)11-3-5-12(17)6-4-11/h2-7,9,13H,8H2,1H3. The molecule has 106 valence electrons. The van der Waals surface area contributed by atoms with E-state index in [9.17, 15) is 9.59 Å². The fourth-order valence-corrected chi connectivity index (χ4v) is 2.55. The zero-order valence-corrected chi connectivity index (χ0v) is 12.2. The minimum atomic E-state index is -0.460. The first-order chi connectivity index (χ1) is 10.1. The summed E-state index contributed by atoms with van der Waals surface area (Å²) in [6.07, 6.45) is 1.81. The molecule has 0 saturated carbocycles. The molecule has 2 aromatic rings. The topological polar surface area (TPSA) is 50.3 Å². The van der Waals surface area contributed by atoms with Gasteiger partial charge < -0.3 is 0 Å². The molecule has 2 amide bonds. The third-order valence-electron chi connectivity index (χ3n) is 3.54. The van der Waals surface area contributed by atoms with Crippen LogP contribution in [-0.4, -0.2) is 16.8 Å². The first kappa shape index (κ1) is 13.8. The lowest BCUT2D eigenvalue weighted by atomic mass is 9.98. The fourth-order valence-electron chi connectivity index (χ4n) is 2.42. The van der Waals surface area contributed by atoms with Crippen molar-refractivity contribution in [3.63, 3.8) is 0 Å². The predicted octanol–water partition coefficient (Wildman–Crippen LogP) is 3.09. The smallest absolute Gasteiger partial charge is 0.243 e. The summed E-state index contributed by atoms with van der Waals surface area (Å²) in [5.41, 5.74) is 1.78. The summed E-state index contributed by atoms with van der Waals surface area (Å²) < 4.78 is 0. The normalized spacial score (nSPS) is 18.4. The number of anilines is 1. The molecule has 1 aromatic heterocycles. The molecular formula is C16H13ClN2O2. The molecule has 1 aromatic carbocycles. The SMILES string of the molecule is Cc1ccc(N2C(=O)CC(c3ccc(Cl)cc3)C2=O)nc1. The summed E-state index contributed by atoms with van der Waals surface area (Å²) in [6.45, 7) is 1.90. The number of benzene rings is 1. The third-order valence-corrected chi connectivity index (χ3v) is 3.80. The molecule has 1 unspecified atom stereocenters.